The van der Waals surface area contributed by atoms with E-state index in [1.807, 2.05) is 30.5 Å². The van der Waals surface area contributed by atoms with Crippen LogP contribution in [0, 0.1) is 0 Å². The molecule has 0 saturated carbocycles. The van der Waals surface area contributed by atoms with Gasteiger partial charge in [-0.05, 0) is 51.4 Å². The lowest BCUT2D eigenvalue weighted by Crippen LogP contribution is -1.92. The van der Waals surface area contributed by atoms with Crippen molar-refractivity contribution in [2.75, 3.05) is 14.2 Å². The van der Waals surface area contributed by atoms with Crippen molar-refractivity contribution in [3.05, 3.63) is 79.0 Å². The highest BCUT2D eigenvalue weighted by molar-refractivity contribution is 6.19. The van der Waals surface area contributed by atoms with Crippen molar-refractivity contribution in [3.63, 3.8) is 0 Å². The Labute approximate surface area is 163 Å². The van der Waals surface area contributed by atoms with Crippen LogP contribution in [0.25, 0.3) is 43.6 Å². The Morgan fingerprint density at radius 3 is 2.18 bits per heavy atom. The molecule has 0 unspecified atom stereocenters. The minimum absolute atomic E-state index is 0.760. The van der Waals surface area contributed by atoms with Crippen LogP contribution in [-0.4, -0.2) is 19.2 Å². The average Bonchev–Trinajstić information content (AvgIpc) is 2.77. The summed E-state index contributed by atoms with van der Waals surface area (Å²) in [5.74, 6) is 1.52. The predicted molar refractivity (Wildman–Crippen MR) is 115 cm³/mol. The van der Waals surface area contributed by atoms with E-state index >= 15 is 0 Å². The third-order valence-electron chi connectivity index (χ3n) is 5.26. The van der Waals surface area contributed by atoms with Crippen LogP contribution < -0.4 is 9.47 Å². The minimum atomic E-state index is 0.760. The molecule has 28 heavy (non-hydrogen) atoms. The molecule has 0 atom stereocenters. The van der Waals surface area contributed by atoms with Gasteiger partial charge < -0.3 is 9.47 Å². The predicted octanol–water partition coefficient (Wildman–Crippen LogP) is 6.23. The van der Waals surface area contributed by atoms with Gasteiger partial charge in [0.15, 0.2) is 0 Å². The Bertz CT molecular complexity index is 1320. The summed E-state index contributed by atoms with van der Waals surface area (Å²) in [4.78, 5) is 4.72. The molecule has 0 aliphatic carbocycles. The van der Waals surface area contributed by atoms with Gasteiger partial charge in [-0.15, -0.1) is 0 Å². The minimum Gasteiger partial charge on any atom is -0.497 e. The van der Waals surface area contributed by atoms with E-state index in [1.165, 1.54) is 21.5 Å². The lowest BCUT2D eigenvalue weighted by Gasteiger charge is -2.15. The number of methoxy groups -OCH3 is 2. The van der Waals surface area contributed by atoms with Crippen molar-refractivity contribution < 1.29 is 9.47 Å². The summed E-state index contributed by atoms with van der Waals surface area (Å²) >= 11 is 0. The molecule has 0 N–H and O–H groups in total. The molecule has 0 radical (unpaired) electrons. The maximum Gasteiger partial charge on any atom is 0.123 e. The Kier molecular flexibility index (Phi) is 3.87. The molecule has 0 fully saturated rings. The Balaban J connectivity index is 1.97. The van der Waals surface area contributed by atoms with Gasteiger partial charge in [-0.1, -0.05) is 42.5 Å². The zero-order chi connectivity index (χ0) is 19.1. The van der Waals surface area contributed by atoms with Gasteiger partial charge in [-0.25, -0.2) is 0 Å². The number of benzene rings is 4. The van der Waals surface area contributed by atoms with Gasteiger partial charge >= 0.3 is 0 Å². The van der Waals surface area contributed by atoms with Crippen LogP contribution >= 0.6 is 0 Å². The molecule has 0 saturated heterocycles. The molecular weight excluding hydrogens is 346 g/mol. The van der Waals surface area contributed by atoms with Gasteiger partial charge in [0.1, 0.15) is 11.5 Å². The zero-order valence-corrected chi connectivity index (χ0v) is 15.8. The third kappa shape index (κ3) is 2.55. The van der Waals surface area contributed by atoms with Crippen molar-refractivity contribution in [3.8, 4) is 22.6 Å². The van der Waals surface area contributed by atoms with E-state index in [0.29, 0.717) is 0 Å². The zero-order valence-electron chi connectivity index (χ0n) is 15.8. The molecule has 136 valence electrons. The maximum absolute atomic E-state index is 5.51. The van der Waals surface area contributed by atoms with Crippen molar-refractivity contribution in [1.29, 1.82) is 0 Å². The second-order valence-corrected chi connectivity index (χ2v) is 6.81. The van der Waals surface area contributed by atoms with E-state index in [9.17, 15) is 0 Å². The highest BCUT2D eigenvalue weighted by atomic mass is 16.5. The molecule has 4 aromatic carbocycles. The quantitative estimate of drug-likeness (QED) is 0.281. The molecule has 3 heteroatoms. The lowest BCUT2D eigenvalue weighted by atomic mass is 9.92. The van der Waals surface area contributed by atoms with Gasteiger partial charge in [0.25, 0.3) is 0 Å². The monoisotopic (exact) mass is 365 g/mol. The molecule has 0 spiro atoms. The number of nitrogens with zero attached hydrogens (tertiary/aromatic N) is 1. The summed E-state index contributed by atoms with van der Waals surface area (Å²) in [6.07, 6.45) is 1.84. The first-order valence-electron chi connectivity index (χ1n) is 9.21. The third-order valence-corrected chi connectivity index (χ3v) is 5.26. The van der Waals surface area contributed by atoms with Gasteiger partial charge in [-0.2, -0.15) is 0 Å². The fourth-order valence-corrected chi connectivity index (χ4v) is 3.94. The van der Waals surface area contributed by atoms with Crippen LogP contribution in [0.2, 0.25) is 0 Å². The Morgan fingerprint density at radius 1 is 0.643 bits per heavy atom. The first-order valence-corrected chi connectivity index (χ1v) is 9.21. The van der Waals surface area contributed by atoms with Crippen LogP contribution in [0.3, 0.4) is 0 Å². The summed E-state index contributed by atoms with van der Waals surface area (Å²) in [6.45, 7) is 0. The van der Waals surface area contributed by atoms with E-state index in [-0.39, 0.29) is 0 Å². The number of fused-ring (bicyclic) bond motifs is 4. The fourth-order valence-electron chi connectivity index (χ4n) is 3.94. The molecule has 5 rings (SSSR count). The molecular formula is C25H19NO2. The highest BCUT2D eigenvalue weighted by Crippen LogP contribution is 2.40. The molecule has 5 aromatic rings. The van der Waals surface area contributed by atoms with Crippen LogP contribution in [0.5, 0.6) is 11.5 Å². The first kappa shape index (κ1) is 16.6. The molecule has 0 bridgehead atoms. The number of ether oxygens (including phenoxy) is 2. The number of pyridine rings is 1. The standard InChI is InChI=1S/C25H19NO2/c1-27-19-12-18(13-20(15-19)28-2)24-22-10-9-16-6-3-4-8-21(16)23(22)14-17-7-5-11-26-25(17)24/h3-15H,1-2H3. The second kappa shape index (κ2) is 6.54. The summed E-state index contributed by atoms with van der Waals surface area (Å²) in [7, 11) is 3.34. The number of hydrogen-bond acceptors (Lipinski definition) is 3. The molecule has 1 aromatic heterocycles. The summed E-state index contributed by atoms with van der Waals surface area (Å²) < 4.78 is 11.0. The fraction of sp³-hybridized carbons (Fsp3) is 0.0800. The largest absolute Gasteiger partial charge is 0.497 e. The van der Waals surface area contributed by atoms with Gasteiger partial charge in [0.05, 0.1) is 19.7 Å². The van der Waals surface area contributed by atoms with E-state index in [0.717, 1.165) is 33.5 Å². The van der Waals surface area contributed by atoms with Crippen molar-refractivity contribution in [1.82, 2.24) is 4.98 Å². The van der Waals surface area contributed by atoms with Crippen molar-refractivity contribution in [2.24, 2.45) is 0 Å². The summed E-state index contributed by atoms with van der Waals surface area (Å²) in [5, 5.41) is 5.97. The van der Waals surface area contributed by atoms with Crippen LogP contribution in [-0.2, 0) is 0 Å². The van der Waals surface area contributed by atoms with Crippen LogP contribution in [0.4, 0.5) is 0 Å². The van der Waals surface area contributed by atoms with E-state index in [2.05, 4.69) is 48.5 Å². The molecule has 3 nitrogen and oxygen atoms in total. The van der Waals surface area contributed by atoms with Gasteiger partial charge in [-0.3, -0.25) is 4.98 Å². The van der Waals surface area contributed by atoms with Crippen LogP contribution in [0.1, 0.15) is 0 Å². The highest BCUT2D eigenvalue weighted by Gasteiger charge is 2.14. The molecule has 0 aliphatic heterocycles. The van der Waals surface area contributed by atoms with E-state index in [4.69, 9.17) is 14.5 Å². The SMILES string of the molecule is COc1cc(OC)cc(-c2c3ccc4ccccc4c3cc3cccnc23)c1. The Hall–Kier alpha value is -3.59. The van der Waals surface area contributed by atoms with Crippen molar-refractivity contribution >= 4 is 32.4 Å². The number of hydrogen-bond donors (Lipinski definition) is 0. The molecule has 1 heterocycles. The maximum atomic E-state index is 5.51. The average molecular weight is 365 g/mol. The normalized spacial score (nSPS) is 11.2. The van der Waals surface area contributed by atoms with Crippen LogP contribution in [0.15, 0.2) is 79.0 Å². The summed E-state index contributed by atoms with van der Waals surface area (Å²) in [5.41, 5.74) is 3.09. The number of aromatic nitrogens is 1. The van der Waals surface area contributed by atoms with E-state index in [1.54, 1.807) is 14.2 Å². The summed E-state index contributed by atoms with van der Waals surface area (Å²) in [6, 6.07) is 25.2. The second-order valence-electron chi connectivity index (χ2n) is 6.81. The molecule has 0 aliphatic rings. The molecule has 0 amide bonds. The topological polar surface area (TPSA) is 31.4 Å². The van der Waals surface area contributed by atoms with E-state index < -0.39 is 0 Å². The van der Waals surface area contributed by atoms with Gasteiger partial charge in [0.2, 0.25) is 0 Å². The van der Waals surface area contributed by atoms with Crippen molar-refractivity contribution in [2.45, 2.75) is 0 Å². The smallest absolute Gasteiger partial charge is 0.123 e. The first-order chi connectivity index (χ1) is 13.8. The van der Waals surface area contributed by atoms with Gasteiger partial charge in [0, 0.05) is 23.2 Å². The number of rotatable bonds is 3. The lowest BCUT2D eigenvalue weighted by molar-refractivity contribution is 0.394. The Morgan fingerprint density at radius 2 is 1.39 bits per heavy atom.